The van der Waals surface area contributed by atoms with Gasteiger partial charge in [0, 0.05) is 6.20 Å². The molecule has 0 saturated carbocycles. The van der Waals surface area contributed by atoms with Crippen LogP contribution in [-0.4, -0.2) is 36.0 Å². The quantitative estimate of drug-likeness (QED) is 0.772. The fourth-order valence-corrected chi connectivity index (χ4v) is 1.32. The number of esters is 1. The van der Waals surface area contributed by atoms with Gasteiger partial charge in [0.05, 0.1) is 6.61 Å². The van der Waals surface area contributed by atoms with E-state index in [0.29, 0.717) is 0 Å². The highest BCUT2D eigenvalue weighted by atomic mass is 16.6. The fourth-order valence-electron chi connectivity index (χ4n) is 1.32. The predicted molar refractivity (Wildman–Crippen MR) is 66.4 cm³/mol. The van der Waals surface area contributed by atoms with Crippen molar-refractivity contribution in [2.45, 2.75) is 39.3 Å². The Labute approximate surface area is 106 Å². The molecular formula is C12H18N2O4. The number of amides is 1. The van der Waals surface area contributed by atoms with Gasteiger partial charge in [-0.1, -0.05) is 0 Å². The molecule has 1 aliphatic rings. The molecular weight excluding hydrogens is 236 g/mol. The van der Waals surface area contributed by atoms with E-state index in [-0.39, 0.29) is 12.3 Å². The van der Waals surface area contributed by atoms with Gasteiger partial charge in [-0.3, -0.25) is 4.99 Å². The lowest BCUT2D eigenvalue weighted by molar-refractivity contribution is -0.135. The van der Waals surface area contributed by atoms with Gasteiger partial charge in [-0.25, -0.2) is 9.59 Å². The van der Waals surface area contributed by atoms with Crippen molar-refractivity contribution < 1.29 is 19.1 Å². The second-order valence-electron chi connectivity index (χ2n) is 4.70. The van der Waals surface area contributed by atoms with Gasteiger partial charge in [-0.15, -0.1) is 0 Å². The summed E-state index contributed by atoms with van der Waals surface area (Å²) in [6.45, 7) is 7.25. The molecule has 0 saturated heterocycles. The number of ether oxygens (including phenoxy) is 2. The maximum Gasteiger partial charge on any atom is 0.408 e. The third kappa shape index (κ3) is 4.20. The highest BCUT2D eigenvalue weighted by molar-refractivity contribution is 6.40. The summed E-state index contributed by atoms with van der Waals surface area (Å²) in [4.78, 5) is 27.0. The van der Waals surface area contributed by atoms with Crippen LogP contribution in [0.1, 0.15) is 27.7 Å². The van der Waals surface area contributed by atoms with E-state index in [1.54, 1.807) is 33.8 Å². The minimum absolute atomic E-state index is 0.155. The van der Waals surface area contributed by atoms with Crippen LogP contribution in [0.3, 0.4) is 0 Å². The number of carbonyl (C=O) groups is 2. The van der Waals surface area contributed by atoms with Crippen LogP contribution in [-0.2, 0) is 14.3 Å². The Morgan fingerprint density at radius 3 is 2.67 bits per heavy atom. The van der Waals surface area contributed by atoms with Crippen LogP contribution >= 0.6 is 0 Å². The Balaban J connectivity index is 2.57. The molecule has 0 fully saturated rings. The predicted octanol–water partition coefficient (Wildman–Crippen LogP) is 1.41. The number of rotatable bonds is 3. The van der Waals surface area contributed by atoms with E-state index >= 15 is 0 Å². The number of nitrogens with one attached hydrogen (secondary N) is 1. The first kappa shape index (κ1) is 14.2. The van der Waals surface area contributed by atoms with Crippen LogP contribution in [0.15, 0.2) is 17.3 Å². The van der Waals surface area contributed by atoms with E-state index in [2.05, 4.69) is 10.3 Å². The topological polar surface area (TPSA) is 77.0 Å². The lowest BCUT2D eigenvalue weighted by Crippen LogP contribution is -2.44. The van der Waals surface area contributed by atoms with Gasteiger partial charge < -0.3 is 14.8 Å². The normalized spacial score (nSPS) is 18.2. The Hall–Kier alpha value is -1.85. The molecule has 1 atom stereocenters. The van der Waals surface area contributed by atoms with Gasteiger partial charge in [0.25, 0.3) is 0 Å². The van der Waals surface area contributed by atoms with Crippen molar-refractivity contribution in [3.05, 3.63) is 12.3 Å². The molecule has 0 aliphatic carbocycles. The first-order valence-corrected chi connectivity index (χ1v) is 5.74. The summed E-state index contributed by atoms with van der Waals surface area (Å²) in [5.41, 5.74) is -0.434. The van der Waals surface area contributed by atoms with Crippen molar-refractivity contribution in [1.29, 1.82) is 0 Å². The van der Waals surface area contributed by atoms with Gasteiger partial charge in [0.15, 0.2) is 5.71 Å². The van der Waals surface area contributed by atoms with Crippen LogP contribution < -0.4 is 5.32 Å². The zero-order valence-corrected chi connectivity index (χ0v) is 11.0. The minimum atomic E-state index is -0.601. The van der Waals surface area contributed by atoms with Crippen molar-refractivity contribution in [3.63, 3.8) is 0 Å². The highest BCUT2D eigenvalue weighted by Gasteiger charge is 2.28. The molecule has 1 amide bonds. The summed E-state index contributed by atoms with van der Waals surface area (Å²) in [5.74, 6) is -0.538. The summed E-state index contributed by atoms with van der Waals surface area (Å²) >= 11 is 0. The van der Waals surface area contributed by atoms with Crippen molar-refractivity contribution in [2.24, 2.45) is 4.99 Å². The summed E-state index contributed by atoms with van der Waals surface area (Å²) in [6.07, 6.45) is 2.45. The van der Waals surface area contributed by atoms with Crippen LogP contribution in [0, 0.1) is 0 Å². The SMILES string of the molecule is CCOC(=O)C1=NC=C[C@H]1NC(=O)OC(C)(C)C. The number of alkyl carbamates (subject to hydrolysis) is 1. The van der Waals surface area contributed by atoms with Gasteiger partial charge in [-0.2, -0.15) is 0 Å². The molecule has 0 aromatic carbocycles. The van der Waals surface area contributed by atoms with Crippen LogP contribution in [0.25, 0.3) is 0 Å². The third-order valence-electron chi connectivity index (χ3n) is 1.94. The summed E-state index contributed by atoms with van der Waals surface area (Å²) in [7, 11) is 0. The van der Waals surface area contributed by atoms with Crippen LogP contribution in [0.2, 0.25) is 0 Å². The molecule has 1 rings (SSSR count). The van der Waals surface area contributed by atoms with Gasteiger partial charge in [0.1, 0.15) is 11.6 Å². The molecule has 0 unspecified atom stereocenters. The maximum atomic E-state index is 11.6. The lowest BCUT2D eigenvalue weighted by atomic mass is 10.2. The van der Waals surface area contributed by atoms with Crippen molar-refractivity contribution >= 4 is 17.8 Å². The second kappa shape index (κ2) is 5.66. The molecule has 0 bridgehead atoms. The first-order valence-electron chi connectivity index (χ1n) is 5.74. The number of aliphatic imine (C=N–C) groups is 1. The zero-order chi connectivity index (χ0) is 13.8. The van der Waals surface area contributed by atoms with Crippen LogP contribution in [0.4, 0.5) is 4.79 Å². The molecule has 0 aromatic rings. The fraction of sp³-hybridized carbons (Fsp3) is 0.583. The van der Waals surface area contributed by atoms with E-state index in [1.807, 2.05) is 0 Å². The molecule has 0 spiro atoms. The molecule has 100 valence electrons. The highest BCUT2D eigenvalue weighted by Crippen LogP contribution is 2.09. The Bertz CT molecular complexity index is 393. The summed E-state index contributed by atoms with van der Waals surface area (Å²) in [5, 5.41) is 2.55. The van der Waals surface area contributed by atoms with Gasteiger partial charge in [-0.05, 0) is 33.8 Å². The van der Waals surface area contributed by atoms with E-state index in [4.69, 9.17) is 9.47 Å². The Morgan fingerprint density at radius 2 is 2.11 bits per heavy atom. The van der Waals surface area contributed by atoms with Crippen molar-refractivity contribution in [1.82, 2.24) is 5.32 Å². The number of hydrogen-bond donors (Lipinski definition) is 1. The van der Waals surface area contributed by atoms with Crippen LogP contribution in [0.5, 0.6) is 0 Å². The minimum Gasteiger partial charge on any atom is -0.461 e. The number of hydrogen-bond acceptors (Lipinski definition) is 5. The van der Waals surface area contributed by atoms with E-state index < -0.39 is 23.7 Å². The standard InChI is InChI=1S/C12H18N2O4/c1-5-17-10(15)9-8(6-7-13-9)14-11(16)18-12(2,3)4/h6-8H,5H2,1-4H3,(H,14,16)/t8-/m1/s1. The molecule has 0 aromatic heterocycles. The molecule has 1 N–H and O–H groups in total. The average molecular weight is 254 g/mol. The summed E-state index contributed by atoms with van der Waals surface area (Å²) in [6, 6.07) is -0.598. The summed E-state index contributed by atoms with van der Waals surface area (Å²) < 4.78 is 9.93. The molecule has 6 nitrogen and oxygen atoms in total. The third-order valence-corrected chi connectivity index (χ3v) is 1.94. The lowest BCUT2D eigenvalue weighted by Gasteiger charge is -2.21. The first-order chi connectivity index (χ1) is 8.33. The van der Waals surface area contributed by atoms with Crippen molar-refractivity contribution in [2.75, 3.05) is 6.61 Å². The molecule has 18 heavy (non-hydrogen) atoms. The zero-order valence-electron chi connectivity index (χ0n) is 11.0. The van der Waals surface area contributed by atoms with Gasteiger partial charge >= 0.3 is 12.1 Å². The second-order valence-corrected chi connectivity index (χ2v) is 4.70. The maximum absolute atomic E-state index is 11.6. The smallest absolute Gasteiger partial charge is 0.408 e. The van der Waals surface area contributed by atoms with Crippen molar-refractivity contribution in [3.8, 4) is 0 Å². The average Bonchev–Trinajstić information content (AvgIpc) is 2.62. The van der Waals surface area contributed by atoms with E-state index in [0.717, 1.165) is 0 Å². The van der Waals surface area contributed by atoms with E-state index in [1.165, 1.54) is 6.20 Å². The number of carbonyl (C=O) groups excluding carboxylic acids is 2. The largest absolute Gasteiger partial charge is 0.461 e. The molecule has 1 heterocycles. The van der Waals surface area contributed by atoms with Gasteiger partial charge in [0.2, 0.25) is 0 Å². The molecule has 0 radical (unpaired) electrons. The molecule has 6 heteroatoms. The Kier molecular flexibility index (Phi) is 4.47. The molecule has 1 aliphatic heterocycles. The number of nitrogens with zero attached hydrogens (tertiary/aromatic N) is 1. The van der Waals surface area contributed by atoms with E-state index in [9.17, 15) is 9.59 Å². The Morgan fingerprint density at radius 1 is 1.44 bits per heavy atom. The monoisotopic (exact) mass is 254 g/mol.